The van der Waals surface area contributed by atoms with E-state index in [1.165, 1.54) is 12.8 Å². The molecular weight excluding hydrogens is 278 g/mol. The van der Waals surface area contributed by atoms with Crippen molar-refractivity contribution in [3.63, 3.8) is 0 Å². The van der Waals surface area contributed by atoms with Crippen LogP contribution in [0.1, 0.15) is 24.8 Å². The number of aromatic nitrogens is 2. The number of amides is 1. The number of H-pyrrole nitrogens is 1. The largest absolute Gasteiger partial charge is 0.377 e. The predicted octanol–water partition coefficient (Wildman–Crippen LogP) is 2.13. The van der Waals surface area contributed by atoms with E-state index in [9.17, 15) is 4.79 Å². The van der Waals surface area contributed by atoms with Crippen molar-refractivity contribution < 1.29 is 9.53 Å². The molecule has 1 N–H and O–H groups in total. The zero-order valence-corrected chi connectivity index (χ0v) is 12.6. The van der Waals surface area contributed by atoms with Crippen LogP contribution in [0.2, 0.25) is 0 Å². The van der Waals surface area contributed by atoms with Gasteiger partial charge in [0.1, 0.15) is 5.65 Å². The molecule has 0 radical (unpaired) electrons. The third kappa shape index (κ3) is 2.73. The number of hydrogen-bond acceptors (Lipinski definition) is 3. The van der Waals surface area contributed by atoms with Crippen LogP contribution in [0.5, 0.6) is 0 Å². The second kappa shape index (κ2) is 5.72. The van der Waals surface area contributed by atoms with Gasteiger partial charge in [0.2, 0.25) is 5.91 Å². The highest BCUT2D eigenvalue weighted by Gasteiger charge is 2.33. The Labute approximate surface area is 129 Å². The lowest BCUT2D eigenvalue weighted by atomic mass is 10.1. The lowest BCUT2D eigenvalue weighted by Gasteiger charge is -2.36. The van der Waals surface area contributed by atoms with Crippen molar-refractivity contribution in [3.8, 4) is 0 Å². The van der Waals surface area contributed by atoms with Gasteiger partial charge in [-0.2, -0.15) is 0 Å². The number of nitrogens with zero attached hydrogens (tertiary/aromatic N) is 2. The average Bonchev–Trinajstić information content (AvgIpc) is 3.27. The highest BCUT2D eigenvalue weighted by atomic mass is 16.5. The van der Waals surface area contributed by atoms with E-state index in [0.717, 1.165) is 35.5 Å². The highest BCUT2D eigenvalue weighted by Crippen LogP contribution is 2.35. The topological polar surface area (TPSA) is 58.2 Å². The van der Waals surface area contributed by atoms with Crippen LogP contribution in [0.15, 0.2) is 24.5 Å². The monoisotopic (exact) mass is 299 g/mol. The Bertz CT molecular complexity index is 677. The lowest BCUT2D eigenvalue weighted by molar-refractivity contribution is -0.139. The molecule has 1 amide bonds. The van der Waals surface area contributed by atoms with Gasteiger partial charge in [-0.1, -0.05) is 12.8 Å². The summed E-state index contributed by atoms with van der Waals surface area (Å²) < 4.78 is 5.59. The molecule has 1 unspecified atom stereocenters. The Morgan fingerprint density at radius 2 is 2.36 bits per heavy atom. The number of morpholine rings is 1. The van der Waals surface area contributed by atoms with Gasteiger partial charge in [0.25, 0.3) is 0 Å². The van der Waals surface area contributed by atoms with E-state index in [2.05, 4.69) is 9.97 Å². The Morgan fingerprint density at radius 3 is 3.23 bits per heavy atom. The van der Waals surface area contributed by atoms with Crippen molar-refractivity contribution >= 4 is 16.9 Å². The van der Waals surface area contributed by atoms with E-state index in [4.69, 9.17) is 4.74 Å². The number of hydrogen-bond donors (Lipinski definition) is 1. The van der Waals surface area contributed by atoms with E-state index >= 15 is 0 Å². The fourth-order valence-electron chi connectivity index (χ4n) is 3.34. The Kier molecular flexibility index (Phi) is 3.58. The summed E-state index contributed by atoms with van der Waals surface area (Å²) in [4.78, 5) is 22.2. The first-order chi connectivity index (χ1) is 10.8. The van der Waals surface area contributed by atoms with Crippen molar-refractivity contribution in [1.82, 2.24) is 14.9 Å². The zero-order valence-electron chi connectivity index (χ0n) is 12.6. The number of rotatable bonds is 4. The summed E-state index contributed by atoms with van der Waals surface area (Å²) >= 11 is 0. The minimum absolute atomic E-state index is 0.207. The maximum Gasteiger partial charge on any atom is 0.227 e. The maximum absolute atomic E-state index is 12.8. The molecule has 0 spiro atoms. The Balaban J connectivity index is 1.50. The molecule has 0 bridgehead atoms. The first-order valence-corrected chi connectivity index (χ1v) is 8.09. The molecule has 1 aliphatic heterocycles. The number of aromatic amines is 1. The van der Waals surface area contributed by atoms with Crippen LogP contribution in [-0.2, 0) is 16.0 Å². The summed E-state index contributed by atoms with van der Waals surface area (Å²) in [6.45, 7) is 2.07. The first kappa shape index (κ1) is 13.8. The van der Waals surface area contributed by atoms with Crippen molar-refractivity contribution in [2.24, 2.45) is 5.92 Å². The molecule has 1 aliphatic carbocycles. The molecule has 5 nitrogen and oxygen atoms in total. The number of carbonyl (C=O) groups is 1. The van der Waals surface area contributed by atoms with Crippen molar-refractivity contribution in [2.75, 3.05) is 19.8 Å². The van der Waals surface area contributed by atoms with Crippen LogP contribution in [0.25, 0.3) is 11.0 Å². The van der Waals surface area contributed by atoms with Gasteiger partial charge in [0.05, 0.1) is 25.7 Å². The first-order valence-electron chi connectivity index (χ1n) is 8.09. The van der Waals surface area contributed by atoms with E-state index in [1.807, 2.05) is 23.2 Å². The number of nitrogens with one attached hydrogen (secondary N) is 1. The van der Waals surface area contributed by atoms with Gasteiger partial charge in [-0.05, 0) is 30.0 Å². The second-order valence-electron chi connectivity index (χ2n) is 6.39. The minimum Gasteiger partial charge on any atom is -0.377 e. The highest BCUT2D eigenvalue weighted by molar-refractivity contribution is 5.87. The summed E-state index contributed by atoms with van der Waals surface area (Å²) in [7, 11) is 0. The van der Waals surface area contributed by atoms with Crippen LogP contribution >= 0.6 is 0 Å². The van der Waals surface area contributed by atoms with E-state index in [0.29, 0.717) is 19.6 Å². The predicted molar refractivity (Wildman–Crippen MR) is 83.5 cm³/mol. The summed E-state index contributed by atoms with van der Waals surface area (Å²) in [5, 5.41) is 1.04. The number of pyridine rings is 1. The van der Waals surface area contributed by atoms with Gasteiger partial charge in [0, 0.05) is 24.3 Å². The van der Waals surface area contributed by atoms with E-state index in [-0.39, 0.29) is 11.9 Å². The second-order valence-corrected chi connectivity index (χ2v) is 6.39. The van der Waals surface area contributed by atoms with E-state index in [1.54, 1.807) is 6.20 Å². The molecule has 2 fully saturated rings. The third-order valence-electron chi connectivity index (χ3n) is 4.73. The number of ether oxygens (including phenoxy) is 1. The number of carbonyl (C=O) groups excluding carboxylic acids is 1. The van der Waals surface area contributed by atoms with E-state index < -0.39 is 0 Å². The van der Waals surface area contributed by atoms with Crippen LogP contribution < -0.4 is 0 Å². The van der Waals surface area contributed by atoms with Gasteiger partial charge in [0.15, 0.2) is 0 Å². The fraction of sp³-hybridized carbons (Fsp3) is 0.529. The third-order valence-corrected chi connectivity index (χ3v) is 4.73. The molecule has 3 heterocycles. The fourth-order valence-corrected chi connectivity index (χ4v) is 3.34. The SMILES string of the molecule is O=C(Cc1c[nH]c2ncccc12)N1CCOCC1CC1CC1. The minimum atomic E-state index is 0.207. The smallest absolute Gasteiger partial charge is 0.227 e. The number of fused-ring (bicyclic) bond motifs is 1. The van der Waals surface area contributed by atoms with Crippen LogP contribution in [-0.4, -0.2) is 46.6 Å². The quantitative estimate of drug-likeness (QED) is 0.941. The molecule has 0 aromatic carbocycles. The van der Waals surface area contributed by atoms with Gasteiger partial charge < -0.3 is 14.6 Å². The summed E-state index contributed by atoms with van der Waals surface area (Å²) in [5.41, 5.74) is 1.88. The van der Waals surface area contributed by atoms with Crippen LogP contribution in [0.4, 0.5) is 0 Å². The molecule has 2 aliphatic rings. The summed E-state index contributed by atoms with van der Waals surface area (Å²) in [6.07, 6.45) is 7.83. The van der Waals surface area contributed by atoms with Crippen molar-refractivity contribution in [3.05, 3.63) is 30.1 Å². The van der Waals surface area contributed by atoms with Gasteiger partial charge in [-0.3, -0.25) is 4.79 Å². The normalized spacial score (nSPS) is 22.2. The molecule has 1 saturated carbocycles. The molecule has 116 valence electrons. The molecule has 1 atom stereocenters. The van der Waals surface area contributed by atoms with Crippen LogP contribution in [0.3, 0.4) is 0 Å². The molecular formula is C17H21N3O2. The molecule has 22 heavy (non-hydrogen) atoms. The van der Waals surface area contributed by atoms with Crippen LogP contribution in [0, 0.1) is 5.92 Å². The molecule has 5 heteroatoms. The van der Waals surface area contributed by atoms with Gasteiger partial charge in [-0.15, -0.1) is 0 Å². The molecule has 2 aromatic rings. The van der Waals surface area contributed by atoms with Gasteiger partial charge >= 0.3 is 0 Å². The molecule has 2 aromatic heterocycles. The van der Waals surface area contributed by atoms with Gasteiger partial charge in [-0.25, -0.2) is 4.98 Å². The standard InChI is InChI=1S/C17H21N3O2/c21-16(9-13-10-19-17-15(13)2-1-5-18-17)20-6-7-22-11-14(20)8-12-3-4-12/h1-2,5,10,12,14H,3-4,6-9,11H2,(H,18,19). The molecule has 4 rings (SSSR count). The van der Waals surface area contributed by atoms with Crippen molar-refractivity contribution in [1.29, 1.82) is 0 Å². The Hall–Kier alpha value is -1.88. The zero-order chi connectivity index (χ0) is 14.9. The summed E-state index contributed by atoms with van der Waals surface area (Å²) in [6, 6.07) is 4.19. The van der Waals surface area contributed by atoms with Crippen molar-refractivity contribution in [2.45, 2.75) is 31.7 Å². The average molecular weight is 299 g/mol. The lowest BCUT2D eigenvalue weighted by Crippen LogP contribution is -2.49. The maximum atomic E-state index is 12.8. The Morgan fingerprint density at radius 1 is 1.45 bits per heavy atom. The summed E-state index contributed by atoms with van der Waals surface area (Å²) in [5.74, 6) is 1.01. The molecule has 1 saturated heterocycles.